The Hall–Kier alpha value is -6.27. The summed E-state index contributed by atoms with van der Waals surface area (Å²) in [7, 11) is 0. The maximum atomic E-state index is 14.6. The second kappa shape index (κ2) is 27.0. The van der Waals surface area contributed by atoms with Gasteiger partial charge in [0.1, 0.15) is 47.8 Å². The highest BCUT2D eigenvalue weighted by molar-refractivity contribution is 6.02. The zero-order valence-corrected chi connectivity index (χ0v) is 42.3. The van der Waals surface area contributed by atoms with E-state index in [2.05, 4.69) is 33.5 Å². The summed E-state index contributed by atoms with van der Waals surface area (Å²) in [5.41, 5.74) is 13.3. The third kappa shape index (κ3) is 15.1. The third-order valence-corrected chi connectivity index (χ3v) is 14.0. The molecule has 18 nitrogen and oxygen atoms in total. The van der Waals surface area contributed by atoms with Gasteiger partial charge in [0.15, 0.2) is 0 Å². The second-order valence-electron chi connectivity index (χ2n) is 20.0. The van der Waals surface area contributed by atoms with Crippen LogP contribution in [0.4, 0.5) is 0 Å². The minimum absolute atomic E-state index is 0.0704. The lowest BCUT2D eigenvalue weighted by molar-refractivity contribution is -0.143. The maximum absolute atomic E-state index is 14.6. The average Bonchev–Trinajstić information content (AvgIpc) is 4.03. The number of aryl methyl sites for hydroxylation is 1. The summed E-state index contributed by atoms with van der Waals surface area (Å²) in [5, 5.41) is 26.1. The smallest absolute Gasteiger partial charge is 0.251 e. The van der Waals surface area contributed by atoms with Crippen LogP contribution in [0.2, 0.25) is 0 Å². The normalized spacial score (nSPS) is 23.9. The number of nitrogens with two attached hydrogens (primary N) is 2. The van der Waals surface area contributed by atoms with Crippen molar-refractivity contribution in [3.8, 4) is 11.5 Å². The molecule has 3 heterocycles. The van der Waals surface area contributed by atoms with Crippen LogP contribution in [0.3, 0.4) is 0 Å². The van der Waals surface area contributed by atoms with Gasteiger partial charge in [-0.1, -0.05) is 70.7 Å². The average molecular weight is 996 g/mol. The lowest BCUT2D eigenvalue weighted by Crippen LogP contribution is -2.60. The van der Waals surface area contributed by atoms with Crippen LogP contribution in [0.25, 0.3) is 10.8 Å². The van der Waals surface area contributed by atoms with E-state index in [1.807, 2.05) is 24.3 Å². The molecule has 7 atom stereocenters. The Labute approximate surface area is 423 Å². The number of hydrogen-bond donors (Lipinski definition) is 8. The largest absolute Gasteiger partial charge is 0.508 e. The number of aromatic hydroxyl groups is 1. The number of amides is 7. The summed E-state index contributed by atoms with van der Waals surface area (Å²) in [5.74, 6) is -3.37. The lowest BCUT2D eigenvalue weighted by atomic mass is 10.00. The lowest BCUT2D eigenvalue weighted by Gasteiger charge is -2.32. The monoisotopic (exact) mass is 996 g/mol. The van der Waals surface area contributed by atoms with Gasteiger partial charge in [0, 0.05) is 31.2 Å². The molecule has 6 rings (SSSR count). The Balaban J connectivity index is 1.26. The summed E-state index contributed by atoms with van der Waals surface area (Å²) in [6.45, 7) is 7.11. The molecule has 7 amide bonds. The molecular weight excluding hydrogens is 919 g/mol. The quantitative estimate of drug-likeness (QED) is 0.0904. The SMILES string of the molecule is CCCCCCCOc1ccc2cc(C(=O)N[C@H]3CCCNC(=O)[C@@H]4C[C@H](N)CN4C(=O)[C@H](CCCCN)NC(=O)[C@H](CCc4ccc(O)cc4)NC(=O)[C@@H]4CCCN4C(=O)[C@H](C(C)C)NC3=O)ccc2c1. The molecule has 0 aromatic heterocycles. The number of carbonyl (C=O) groups excluding carboxylic acids is 7. The van der Waals surface area contributed by atoms with Crippen molar-refractivity contribution in [2.75, 3.05) is 32.8 Å². The fourth-order valence-electron chi connectivity index (χ4n) is 9.84. The predicted molar refractivity (Wildman–Crippen MR) is 274 cm³/mol. The number of benzene rings is 3. The number of nitrogens with one attached hydrogen (secondary N) is 5. The Morgan fingerprint density at radius 1 is 0.764 bits per heavy atom. The molecule has 3 aromatic carbocycles. The van der Waals surface area contributed by atoms with Crippen LogP contribution in [-0.4, -0.2) is 131 Å². The molecule has 0 radical (unpaired) electrons. The molecule has 0 unspecified atom stereocenters. The van der Waals surface area contributed by atoms with Crippen molar-refractivity contribution < 1.29 is 43.4 Å². The zero-order valence-electron chi connectivity index (χ0n) is 42.3. The van der Waals surface area contributed by atoms with Gasteiger partial charge in [-0.25, -0.2) is 0 Å². The number of unbranched alkanes of at least 4 members (excludes halogenated alkanes) is 5. The van der Waals surface area contributed by atoms with Crippen LogP contribution in [0.15, 0.2) is 60.7 Å². The van der Waals surface area contributed by atoms with Crippen molar-refractivity contribution in [3.05, 3.63) is 71.8 Å². The molecule has 0 saturated carbocycles. The maximum Gasteiger partial charge on any atom is 0.251 e. The van der Waals surface area contributed by atoms with Crippen molar-refractivity contribution in [3.63, 3.8) is 0 Å². The van der Waals surface area contributed by atoms with Gasteiger partial charge in [0.05, 0.1) is 6.61 Å². The molecular formula is C54H77N9O9. The van der Waals surface area contributed by atoms with E-state index in [1.165, 1.54) is 41.2 Å². The first kappa shape index (κ1) is 55.1. The first-order valence-electron chi connectivity index (χ1n) is 26.2. The topological polar surface area (TPSA) is 268 Å². The van der Waals surface area contributed by atoms with Crippen molar-refractivity contribution in [2.24, 2.45) is 17.4 Å². The first-order chi connectivity index (χ1) is 34.7. The summed E-state index contributed by atoms with van der Waals surface area (Å²) < 4.78 is 6.01. The van der Waals surface area contributed by atoms with E-state index in [1.54, 1.807) is 38.1 Å². The van der Waals surface area contributed by atoms with Gasteiger partial charge in [0.2, 0.25) is 35.4 Å². The van der Waals surface area contributed by atoms with Crippen molar-refractivity contribution in [2.45, 2.75) is 159 Å². The number of rotatable bonds is 17. The molecule has 18 heteroatoms. The Morgan fingerprint density at radius 3 is 2.25 bits per heavy atom. The van der Waals surface area contributed by atoms with E-state index in [4.69, 9.17) is 16.2 Å². The molecule has 3 saturated heterocycles. The number of hydrogen-bond acceptors (Lipinski definition) is 11. The van der Waals surface area contributed by atoms with Crippen LogP contribution in [0.5, 0.6) is 11.5 Å². The zero-order chi connectivity index (χ0) is 51.7. The molecule has 10 N–H and O–H groups in total. The van der Waals surface area contributed by atoms with E-state index in [-0.39, 0.29) is 57.5 Å². The number of phenolic OH excluding ortho intramolecular Hbond substituents is 1. The minimum atomic E-state index is -1.16. The standard InChI is InChI=1S/C54H77N9O9/c1-4-5-6-7-10-29-72-41-24-21-36-30-38(20-19-37(36)31-41)48(65)58-42-14-11-27-57-51(68)46-32-39(56)33-63(46)53(70)44(13-8-9-26-55)60-49(66)43(25-18-35-16-22-40(64)23-17-35)59-52(69)45-15-12-28-62(45)54(71)47(34(2)3)61-50(42)67/h16-17,19-24,30-31,34,39,42-47,64H,4-15,18,25-29,32-33,55-56H2,1-3H3,(H,57,68)(H,58,65)(H,59,69)(H,60,66)(H,61,67)/t39-,42-,43-,44-,45-,46-,47-/m0/s1. The van der Waals surface area contributed by atoms with Gasteiger partial charge >= 0.3 is 0 Å². The highest BCUT2D eigenvalue weighted by atomic mass is 16.5. The summed E-state index contributed by atoms with van der Waals surface area (Å²) in [4.78, 5) is 103. The molecule has 392 valence electrons. The Kier molecular flexibility index (Phi) is 20.6. The number of nitrogens with zero attached hydrogens (tertiary/aromatic N) is 2. The fourth-order valence-corrected chi connectivity index (χ4v) is 9.84. The van der Waals surface area contributed by atoms with Gasteiger partial charge in [-0.2, -0.15) is 0 Å². The van der Waals surface area contributed by atoms with E-state index in [0.717, 1.165) is 34.9 Å². The molecule has 3 fully saturated rings. The molecule has 0 spiro atoms. The summed E-state index contributed by atoms with van der Waals surface area (Å²) in [6.07, 6.45) is 8.63. The van der Waals surface area contributed by atoms with Crippen LogP contribution in [-0.2, 0) is 35.2 Å². The summed E-state index contributed by atoms with van der Waals surface area (Å²) in [6, 6.07) is 10.5. The van der Waals surface area contributed by atoms with Crippen LogP contribution in [0.1, 0.15) is 127 Å². The number of fused-ring (bicyclic) bond motifs is 3. The number of carbonyl (C=O) groups is 7. The van der Waals surface area contributed by atoms with Crippen LogP contribution < -0.4 is 42.8 Å². The van der Waals surface area contributed by atoms with Gasteiger partial charge < -0.3 is 57.7 Å². The summed E-state index contributed by atoms with van der Waals surface area (Å²) >= 11 is 0. The second-order valence-corrected chi connectivity index (χ2v) is 20.0. The van der Waals surface area contributed by atoms with Crippen molar-refractivity contribution >= 4 is 52.1 Å². The van der Waals surface area contributed by atoms with Crippen molar-refractivity contribution in [1.82, 2.24) is 36.4 Å². The highest BCUT2D eigenvalue weighted by Gasteiger charge is 2.43. The van der Waals surface area contributed by atoms with Crippen LogP contribution >= 0.6 is 0 Å². The number of phenols is 1. The molecule has 3 aliphatic heterocycles. The molecule has 3 aliphatic rings. The Morgan fingerprint density at radius 2 is 1.50 bits per heavy atom. The van der Waals surface area contributed by atoms with Crippen molar-refractivity contribution in [1.29, 1.82) is 0 Å². The van der Waals surface area contributed by atoms with E-state index >= 15 is 0 Å². The van der Waals surface area contributed by atoms with Gasteiger partial charge in [-0.15, -0.1) is 0 Å². The molecule has 0 bridgehead atoms. The molecule has 0 aliphatic carbocycles. The predicted octanol–water partition coefficient (Wildman–Crippen LogP) is 3.69. The number of ether oxygens (including phenoxy) is 1. The highest BCUT2D eigenvalue weighted by Crippen LogP contribution is 2.25. The van der Waals surface area contributed by atoms with E-state index in [9.17, 15) is 38.7 Å². The van der Waals surface area contributed by atoms with Gasteiger partial charge in [-0.05, 0) is 136 Å². The first-order valence-corrected chi connectivity index (χ1v) is 26.2. The van der Waals surface area contributed by atoms with Crippen LogP contribution in [0, 0.1) is 5.92 Å². The molecule has 72 heavy (non-hydrogen) atoms. The molecule has 3 aromatic rings. The van der Waals surface area contributed by atoms with Gasteiger partial charge in [0.25, 0.3) is 5.91 Å². The van der Waals surface area contributed by atoms with Gasteiger partial charge in [-0.3, -0.25) is 33.6 Å². The minimum Gasteiger partial charge on any atom is -0.508 e. The van der Waals surface area contributed by atoms with E-state index in [0.29, 0.717) is 50.8 Å². The van der Waals surface area contributed by atoms with E-state index < -0.39 is 89.6 Å². The Bertz CT molecular complexity index is 2350. The third-order valence-electron chi connectivity index (χ3n) is 14.0. The fraction of sp³-hybridized carbons (Fsp3) is 0.574.